The minimum atomic E-state index is -3.23. The molecule has 0 aliphatic carbocycles. The van der Waals surface area contributed by atoms with Gasteiger partial charge in [0.05, 0.1) is 6.20 Å². The second-order valence-corrected chi connectivity index (χ2v) is 9.75. The predicted molar refractivity (Wildman–Crippen MR) is 153 cm³/mol. The molecule has 202 valence electrons. The number of piperidine rings is 1. The molecule has 3 aromatic carbocycles. The fraction of sp³-hybridized carbons (Fsp3) is 0.312. The second kappa shape index (κ2) is 11.5. The maximum absolute atomic E-state index is 14.5. The molecule has 1 fully saturated rings. The lowest BCUT2D eigenvalue weighted by molar-refractivity contribution is -0.189. The largest absolute Gasteiger partial charge is 0.432 e. The quantitative estimate of drug-likeness (QED) is 0.224. The summed E-state index contributed by atoms with van der Waals surface area (Å²) >= 11 is 0. The molecule has 39 heavy (non-hydrogen) atoms. The summed E-state index contributed by atoms with van der Waals surface area (Å²) in [5, 5.41) is 6.93. The number of benzene rings is 3. The SMILES string of the molecule is CC.Cc1ccc(-c2cnn3cc(-c4ccc(OC(F)(F)CN5CCCCC5)cc4)cnc23)c2ccccc12. The fourth-order valence-electron chi connectivity index (χ4n) is 5.20. The molecule has 0 spiro atoms. The lowest BCUT2D eigenvalue weighted by atomic mass is 9.97. The monoisotopic (exact) mass is 528 g/mol. The van der Waals surface area contributed by atoms with E-state index in [9.17, 15) is 8.78 Å². The lowest BCUT2D eigenvalue weighted by Gasteiger charge is -2.30. The van der Waals surface area contributed by atoms with E-state index in [0.29, 0.717) is 13.1 Å². The zero-order chi connectivity index (χ0) is 27.4. The average Bonchev–Trinajstić information content (AvgIpc) is 3.38. The highest BCUT2D eigenvalue weighted by Gasteiger charge is 2.34. The Kier molecular flexibility index (Phi) is 7.89. The van der Waals surface area contributed by atoms with Gasteiger partial charge in [0, 0.05) is 23.5 Å². The van der Waals surface area contributed by atoms with Crippen LogP contribution in [0, 0.1) is 6.92 Å². The third-order valence-corrected chi connectivity index (χ3v) is 7.10. The number of hydrogen-bond donors (Lipinski definition) is 0. The summed E-state index contributed by atoms with van der Waals surface area (Å²) in [5.74, 6) is 0.146. The smallest absolute Gasteiger partial charge is 0.410 e. The zero-order valence-electron chi connectivity index (χ0n) is 22.7. The number of aromatic nitrogens is 3. The van der Waals surface area contributed by atoms with Gasteiger partial charge in [0.25, 0.3) is 0 Å². The first-order valence-electron chi connectivity index (χ1n) is 13.7. The van der Waals surface area contributed by atoms with Crippen LogP contribution in [-0.2, 0) is 0 Å². The molecule has 5 aromatic rings. The Bertz CT molecular complexity index is 1560. The Morgan fingerprint density at radius 2 is 1.54 bits per heavy atom. The molecule has 6 rings (SSSR count). The Labute approximate surface area is 228 Å². The molecule has 0 radical (unpaired) electrons. The van der Waals surface area contributed by atoms with Crippen molar-refractivity contribution in [1.29, 1.82) is 0 Å². The summed E-state index contributed by atoms with van der Waals surface area (Å²) < 4.78 is 35.8. The molecule has 1 aliphatic rings. The maximum atomic E-state index is 14.5. The summed E-state index contributed by atoms with van der Waals surface area (Å²) in [4.78, 5) is 6.49. The number of aryl methyl sites for hydroxylation is 1. The highest BCUT2D eigenvalue weighted by atomic mass is 19.3. The van der Waals surface area contributed by atoms with Crippen molar-refractivity contribution in [2.45, 2.75) is 46.1 Å². The van der Waals surface area contributed by atoms with Crippen LogP contribution in [0.2, 0.25) is 0 Å². The Hall–Kier alpha value is -3.84. The summed E-state index contributed by atoms with van der Waals surface area (Å²) in [5.41, 5.74) is 5.71. The van der Waals surface area contributed by atoms with Crippen molar-refractivity contribution in [2.24, 2.45) is 0 Å². The van der Waals surface area contributed by atoms with Crippen molar-refractivity contribution in [2.75, 3.05) is 19.6 Å². The van der Waals surface area contributed by atoms with Gasteiger partial charge in [-0.05, 0) is 72.5 Å². The molecule has 5 nitrogen and oxygen atoms in total. The number of likely N-dealkylation sites (tertiary alicyclic amines) is 1. The first-order chi connectivity index (χ1) is 19.0. The van der Waals surface area contributed by atoms with Crippen LogP contribution in [0.25, 0.3) is 38.7 Å². The van der Waals surface area contributed by atoms with E-state index in [2.05, 4.69) is 36.3 Å². The topological polar surface area (TPSA) is 42.7 Å². The average molecular weight is 529 g/mol. The number of fused-ring (bicyclic) bond motifs is 2. The number of ether oxygens (including phenoxy) is 1. The Balaban J connectivity index is 0.00000151. The molecular weight excluding hydrogens is 494 g/mol. The molecule has 3 heterocycles. The van der Waals surface area contributed by atoms with Crippen LogP contribution in [0.1, 0.15) is 38.7 Å². The van der Waals surface area contributed by atoms with Gasteiger partial charge in [-0.3, -0.25) is 4.90 Å². The van der Waals surface area contributed by atoms with E-state index in [0.717, 1.165) is 52.5 Å². The molecular formula is C32H34F2N4O. The van der Waals surface area contributed by atoms with Crippen LogP contribution < -0.4 is 4.74 Å². The van der Waals surface area contributed by atoms with Gasteiger partial charge in [-0.2, -0.15) is 13.9 Å². The van der Waals surface area contributed by atoms with Crippen molar-refractivity contribution in [3.63, 3.8) is 0 Å². The first kappa shape index (κ1) is 26.8. The Morgan fingerprint density at radius 3 is 2.28 bits per heavy atom. The summed E-state index contributed by atoms with van der Waals surface area (Å²) in [6.07, 6.45) is 5.33. The summed E-state index contributed by atoms with van der Waals surface area (Å²) in [6.45, 7) is 7.12. The van der Waals surface area contributed by atoms with E-state index in [-0.39, 0.29) is 12.3 Å². The second-order valence-electron chi connectivity index (χ2n) is 9.75. The molecule has 0 atom stereocenters. The van der Waals surface area contributed by atoms with Crippen molar-refractivity contribution < 1.29 is 13.5 Å². The van der Waals surface area contributed by atoms with Crippen molar-refractivity contribution in [3.05, 3.63) is 84.8 Å². The number of hydrogen-bond acceptors (Lipinski definition) is 4. The normalized spacial score (nSPS) is 14.3. The fourth-order valence-corrected chi connectivity index (χ4v) is 5.20. The van der Waals surface area contributed by atoms with Crippen LogP contribution in [0.4, 0.5) is 8.78 Å². The standard InChI is InChI=1S/C30H28F2N4O.C2H6/c1-21-9-14-27(26-8-4-3-7-25(21)26)28-18-34-36-19-23(17-33-29(28)36)22-10-12-24(13-11-22)37-30(31,32)20-35-15-5-2-6-16-35;1-2/h3-4,7-14,17-19H,2,5-6,15-16,20H2,1H3;1-2H3. The molecule has 0 N–H and O–H groups in total. The zero-order valence-corrected chi connectivity index (χ0v) is 22.7. The number of rotatable bonds is 6. The molecule has 0 unspecified atom stereocenters. The van der Waals surface area contributed by atoms with Crippen molar-refractivity contribution >= 4 is 16.4 Å². The van der Waals surface area contributed by atoms with Gasteiger partial charge in [-0.25, -0.2) is 9.50 Å². The molecule has 1 saturated heterocycles. The summed E-state index contributed by atoms with van der Waals surface area (Å²) in [6, 6.07) is 19.3. The first-order valence-corrected chi connectivity index (χ1v) is 13.7. The third-order valence-electron chi connectivity index (χ3n) is 7.10. The molecule has 7 heteroatoms. The van der Waals surface area contributed by atoms with Gasteiger partial charge in [-0.15, -0.1) is 0 Å². The van der Waals surface area contributed by atoms with E-state index in [1.807, 2.05) is 38.4 Å². The molecule has 1 aliphatic heterocycles. The van der Waals surface area contributed by atoms with E-state index in [1.165, 1.54) is 10.9 Å². The van der Waals surface area contributed by atoms with E-state index < -0.39 is 6.11 Å². The minimum absolute atomic E-state index is 0.146. The van der Waals surface area contributed by atoms with Crippen molar-refractivity contribution in [3.8, 4) is 28.0 Å². The van der Waals surface area contributed by atoms with Crippen molar-refractivity contribution in [1.82, 2.24) is 19.5 Å². The minimum Gasteiger partial charge on any atom is -0.432 e. The number of nitrogens with zero attached hydrogens (tertiary/aromatic N) is 4. The van der Waals surface area contributed by atoms with Crippen LogP contribution in [-0.4, -0.2) is 45.2 Å². The summed E-state index contributed by atoms with van der Waals surface area (Å²) in [7, 11) is 0. The molecule has 2 aromatic heterocycles. The van der Waals surface area contributed by atoms with Gasteiger partial charge in [0.15, 0.2) is 5.65 Å². The molecule has 0 amide bonds. The van der Waals surface area contributed by atoms with E-state index in [4.69, 9.17) is 9.72 Å². The van der Waals surface area contributed by atoms with E-state index >= 15 is 0 Å². The highest BCUT2D eigenvalue weighted by Crippen LogP contribution is 2.33. The lowest BCUT2D eigenvalue weighted by Crippen LogP contribution is -2.43. The van der Waals surface area contributed by atoms with Gasteiger partial charge >= 0.3 is 6.11 Å². The van der Waals surface area contributed by atoms with Gasteiger partial charge in [-0.1, -0.05) is 68.8 Å². The van der Waals surface area contributed by atoms with Gasteiger partial charge in [0.1, 0.15) is 12.3 Å². The third kappa shape index (κ3) is 5.78. The molecule has 0 bridgehead atoms. The van der Waals surface area contributed by atoms with Gasteiger partial charge < -0.3 is 4.74 Å². The highest BCUT2D eigenvalue weighted by molar-refractivity contribution is 6.01. The van der Waals surface area contributed by atoms with E-state index in [1.54, 1.807) is 39.9 Å². The van der Waals surface area contributed by atoms with Crippen LogP contribution in [0.3, 0.4) is 0 Å². The van der Waals surface area contributed by atoms with Crippen LogP contribution in [0.5, 0.6) is 5.75 Å². The predicted octanol–water partition coefficient (Wildman–Crippen LogP) is 8.01. The number of halogens is 2. The number of alkyl halides is 2. The Morgan fingerprint density at radius 1 is 0.821 bits per heavy atom. The van der Waals surface area contributed by atoms with Crippen LogP contribution >= 0.6 is 0 Å². The molecule has 0 saturated carbocycles. The van der Waals surface area contributed by atoms with Gasteiger partial charge in [0.2, 0.25) is 0 Å². The van der Waals surface area contributed by atoms with Crippen LogP contribution in [0.15, 0.2) is 79.3 Å². The maximum Gasteiger partial charge on any atom is 0.410 e.